The van der Waals surface area contributed by atoms with Gasteiger partial charge in [0.1, 0.15) is 5.82 Å². The van der Waals surface area contributed by atoms with E-state index < -0.39 is 0 Å². The maximum atomic E-state index is 5.66. The van der Waals surface area contributed by atoms with E-state index in [2.05, 4.69) is 39.2 Å². The van der Waals surface area contributed by atoms with Gasteiger partial charge in [-0.2, -0.15) is 0 Å². The highest BCUT2D eigenvalue weighted by atomic mass is 127. The predicted octanol–water partition coefficient (Wildman–Crippen LogP) is 4.18. The van der Waals surface area contributed by atoms with E-state index in [1.54, 1.807) is 7.11 Å². The Labute approximate surface area is 204 Å². The number of guanidine groups is 1. The average molecular weight is 543 g/mol. The van der Waals surface area contributed by atoms with Crippen molar-refractivity contribution in [1.82, 2.24) is 20.2 Å². The Bertz CT molecular complexity index is 779. The third kappa shape index (κ3) is 9.80. The van der Waals surface area contributed by atoms with E-state index >= 15 is 0 Å². The number of methoxy groups -OCH3 is 1. The van der Waals surface area contributed by atoms with E-state index in [-0.39, 0.29) is 24.0 Å². The Morgan fingerprint density at radius 1 is 1.13 bits per heavy atom. The van der Waals surface area contributed by atoms with Gasteiger partial charge in [0.05, 0.1) is 13.7 Å². The molecule has 1 aromatic carbocycles. The lowest BCUT2D eigenvalue weighted by Crippen LogP contribution is -2.38. The van der Waals surface area contributed by atoms with Gasteiger partial charge in [0, 0.05) is 38.6 Å². The van der Waals surface area contributed by atoms with Crippen molar-refractivity contribution in [2.45, 2.75) is 53.0 Å². The molecule has 0 unspecified atom stereocenters. The monoisotopic (exact) mass is 543 g/mol. The quantitative estimate of drug-likeness (QED) is 0.172. The highest BCUT2D eigenvalue weighted by molar-refractivity contribution is 14.0. The number of unbranched alkanes of at least 4 members (excludes halogenated alkanes) is 1. The van der Waals surface area contributed by atoms with Crippen molar-refractivity contribution >= 4 is 29.9 Å². The molecular weight excluding hydrogens is 505 g/mol. The second-order valence-corrected chi connectivity index (χ2v) is 7.08. The van der Waals surface area contributed by atoms with Gasteiger partial charge < -0.3 is 24.7 Å². The lowest BCUT2D eigenvalue weighted by Gasteiger charge is -2.12. The lowest BCUT2D eigenvalue weighted by atomic mass is 10.1. The van der Waals surface area contributed by atoms with Gasteiger partial charge in [0.25, 0.3) is 0 Å². The van der Waals surface area contributed by atoms with Crippen LogP contribution < -0.4 is 20.1 Å². The normalized spacial score (nSPS) is 11.0. The number of rotatable bonds is 13. The number of halogens is 1. The van der Waals surface area contributed by atoms with Crippen LogP contribution in [0.3, 0.4) is 0 Å². The number of imidazole rings is 1. The maximum Gasteiger partial charge on any atom is 0.191 e. The van der Waals surface area contributed by atoms with E-state index in [0.717, 1.165) is 75.1 Å². The third-order valence-corrected chi connectivity index (χ3v) is 4.81. The molecule has 2 aromatic rings. The third-order valence-electron chi connectivity index (χ3n) is 4.81. The van der Waals surface area contributed by atoms with Crippen molar-refractivity contribution in [3.63, 3.8) is 0 Å². The summed E-state index contributed by atoms with van der Waals surface area (Å²) in [5.41, 5.74) is 1.24. The topological polar surface area (TPSA) is 72.7 Å². The number of aromatic nitrogens is 2. The second-order valence-electron chi connectivity index (χ2n) is 7.08. The van der Waals surface area contributed by atoms with Gasteiger partial charge in [0.2, 0.25) is 0 Å². The first-order chi connectivity index (χ1) is 14.7. The van der Waals surface area contributed by atoms with E-state index in [1.807, 2.05) is 32.3 Å². The summed E-state index contributed by atoms with van der Waals surface area (Å²) in [6.45, 7) is 10.3. The summed E-state index contributed by atoms with van der Waals surface area (Å²) < 4.78 is 13.2. The number of aryl methyl sites for hydroxylation is 3. The molecular formula is C23H38IN5O2. The van der Waals surface area contributed by atoms with E-state index in [0.29, 0.717) is 6.61 Å². The SMILES string of the molecule is CCNC(=NCCCc1ccc(OC)c(OCC)c1)NCCCCn1ccnc1C.I. The van der Waals surface area contributed by atoms with Crippen LogP contribution in [0.1, 0.15) is 44.5 Å². The molecule has 8 heteroatoms. The molecule has 0 bridgehead atoms. The van der Waals surface area contributed by atoms with Crippen LogP contribution in [0.4, 0.5) is 0 Å². The number of nitrogens with zero attached hydrogens (tertiary/aromatic N) is 3. The molecule has 31 heavy (non-hydrogen) atoms. The fourth-order valence-corrected chi connectivity index (χ4v) is 3.21. The van der Waals surface area contributed by atoms with Crippen molar-refractivity contribution < 1.29 is 9.47 Å². The van der Waals surface area contributed by atoms with E-state index in [4.69, 9.17) is 14.5 Å². The molecule has 0 saturated carbocycles. The molecule has 0 aliphatic carbocycles. The molecule has 0 radical (unpaired) electrons. The number of aliphatic imine (C=N–C) groups is 1. The van der Waals surface area contributed by atoms with Crippen LogP contribution in [0.5, 0.6) is 11.5 Å². The minimum absolute atomic E-state index is 0. The molecule has 0 atom stereocenters. The van der Waals surface area contributed by atoms with Crippen molar-refractivity contribution in [3.8, 4) is 11.5 Å². The van der Waals surface area contributed by atoms with Crippen LogP contribution >= 0.6 is 24.0 Å². The van der Waals surface area contributed by atoms with Crippen LogP contribution in [-0.2, 0) is 13.0 Å². The fraction of sp³-hybridized carbons (Fsp3) is 0.565. The number of ether oxygens (including phenoxy) is 2. The molecule has 174 valence electrons. The first kappa shape index (κ1) is 27.1. The Kier molecular flexibility index (Phi) is 13.8. The summed E-state index contributed by atoms with van der Waals surface area (Å²) in [5.74, 6) is 3.55. The summed E-state index contributed by atoms with van der Waals surface area (Å²) >= 11 is 0. The summed E-state index contributed by atoms with van der Waals surface area (Å²) in [6, 6.07) is 6.13. The molecule has 0 fully saturated rings. The summed E-state index contributed by atoms with van der Waals surface area (Å²) in [6.07, 6.45) is 8.03. The van der Waals surface area contributed by atoms with Crippen molar-refractivity contribution in [2.24, 2.45) is 4.99 Å². The minimum Gasteiger partial charge on any atom is -0.493 e. The largest absolute Gasteiger partial charge is 0.493 e. The molecule has 0 amide bonds. The first-order valence-electron chi connectivity index (χ1n) is 11.0. The molecule has 0 spiro atoms. The minimum atomic E-state index is 0. The predicted molar refractivity (Wildman–Crippen MR) is 138 cm³/mol. The Balaban J connectivity index is 0.00000480. The zero-order valence-electron chi connectivity index (χ0n) is 19.3. The number of hydrogen-bond acceptors (Lipinski definition) is 4. The fourth-order valence-electron chi connectivity index (χ4n) is 3.21. The highest BCUT2D eigenvalue weighted by Gasteiger charge is 2.05. The molecule has 0 aliphatic heterocycles. The molecule has 2 rings (SSSR count). The molecule has 1 heterocycles. The molecule has 7 nitrogen and oxygen atoms in total. The van der Waals surface area contributed by atoms with Crippen molar-refractivity contribution in [1.29, 1.82) is 0 Å². The zero-order valence-corrected chi connectivity index (χ0v) is 21.6. The van der Waals surface area contributed by atoms with Gasteiger partial charge in [0.15, 0.2) is 17.5 Å². The van der Waals surface area contributed by atoms with Gasteiger partial charge in [-0.05, 0) is 64.2 Å². The van der Waals surface area contributed by atoms with Gasteiger partial charge >= 0.3 is 0 Å². The maximum absolute atomic E-state index is 5.66. The van der Waals surface area contributed by atoms with Crippen LogP contribution in [0.15, 0.2) is 35.6 Å². The summed E-state index contributed by atoms with van der Waals surface area (Å²) in [7, 11) is 1.67. The van der Waals surface area contributed by atoms with E-state index in [1.165, 1.54) is 5.56 Å². The Hall–Kier alpha value is -1.97. The average Bonchev–Trinajstić information content (AvgIpc) is 3.16. The Morgan fingerprint density at radius 2 is 1.97 bits per heavy atom. The van der Waals surface area contributed by atoms with Crippen molar-refractivity contribution in [2.75, 3.05) is 33.4 Å². The molecule has 2 N–H and O–H groups in total. The summed E-state index contributed by atoms with van der Waals surface area (Å²) in [4.78, 5) is 8.97. The van der Waals surface area contributed by atoms with Crippen LogP contribution in [0, 0.1) is 6.92 Å². The highest BCUT2D eigenvalue weighted by Crippen LogP contribution is 2.28. The van der Waals surface area contributed by atoms with Gasteiger partial charge in [-0.25, -0.2) is 4.98 Å². The number of benzene rings is 1. The lowest BCUT2D eigenvalue weighted by molar-refractivity contribution is 0.310. The van der Waals surface area contributed by atoms with Crippen LogP contribution in [0.25, 0.3) is 0 Å². The van der Waals surface area contributed by atoms with Crippen molar-refractivity contribution in [3.05, 3.63) is 42.0 Å². The van der Waals surface area contributed by atoms with Crippen LogP contribution in [0.2, 0.25) is 0 Å². The van der Waals surface area contributed by atoms with Gasteiger partial charge in [-0.3, -0.25) is 4.99 Å². The molecule has 0 saturated heterocycles. The number of hydrogen-bond donors (Lipinski definition) is 2. The number of nitrogens with one attached hydrogen (secondary N) is 2. The standard InChI is InChI=1S/C23H37N5O2.HI/c1-5-24-23(26-13-7-8-16-28-17-15-25-19(28)3)27-14-9-10-20-11-12-21(29-4)22(18-20)30-6-2;/h11-12,15,17-18H,5-10,13-14,16H2,1-4H3,(H2,24,26,27);1H. The van der Waals surface area contributed by atoms with E-state index in [9.17, 15) is 0 Å². The zero-order chi connectivity index (χ0) is 21.6. The molecule has 1 aromatic heterocycles. The molecule has 0 aliphatic rings. The Morgan fingerprint density at radius 3 is 2.65 bits per heavy atom. The summed E-state index contributed by atoms with van der Waals surface area (Å²) in [5, 5.41) is 6.76. The van der Waals surface area contributed by atoms with Crippen LogP contribution in [-0.4, -0.2) is 48.9 Å². The second kappa shape index (κ2) is 15.8. The first-order valence-corrected chi connectivity index (χ1v) is 11.0. The smallest absolute Gasteiger partial charge is 0.191 e. The van der Waals surface area contributed by atoms with Gasteiger partial charge in [-0.1, -0.05) is 6.07 Å². The van der Waals surface area contributed by atoms with Gasteiger partial charge in [-0.15, -0.1) is 24.0 Å².